The monoisotopic (exact) mass is 276 g/mol. The summed E-state index contributed by atoms with van der Waals surface area (Å²) in [5.41, 5.74) is 5.09. The maximum absolute atomic E-state index is 12.2. The van der Waals surface area contributed by atoms with Crippen LogP contribution in [0, 0.1) is 20.8 Å². The Kier molecular flexibility index (Phi) is 6.21. The molecule has 0 aliphatic carbocycles. The zero-order valence-corrected chi connectivity index (χ0v) is 13.8. The van der Waals surface area contributed by atoms with Gasteiger partial charge in [-0.2, -0.15) is 0 Å². The predicted molar refractivity (Wildman–Crippen MR) is 84.9 cm³/mol. The first-order valence-corrected chi connectivity index (χ1v) is 7.42. The van der Waals surface area contributed by atoms with Gasteiger partial charge in [0.05, 0.1) is 6.54 Å². The topological polar surface area (TPSA) is 23.6 Å². The molecule has 0 aliphatic heterocycles. The van der Waals surface area contributed by atoms with Crippen molar-refractivity contribution in [2.75, 3.05) is 26.7 Å². The number of hydrogen-bond acceptors (Lipinski definition) is 2. The predicted octanol–water partition coefficient (Wildman–Crippen LogP) is 2.91. The Morgan fingerprint density at radius 3 is 2.00 bits per heavy atom. The second-order valence-electron chi connectivity index (χ2n) is 5.59. The zero-order valence-electron chi connectivity index (χ0n) is 13.8. The van der Waals surface area contributed by atoms with Crippen LogP contribution in [-0.4, -0.2) is 42.4 Å². The van der Waals surface area contributed by atoms with Gasteiger partial charge in [-0.15, -0.1) is 0 Å². The number of carbonyl (C=O) groups is 1. The third kappa shape index (κ3) is 4.34. The van der Waals surface area contributed by atoms with Crippen LogP contribution in [0.2, 0.25) is 0 Å². The number of amides is 1. The van der Waals surface area contributed by atoms with Crippen LogP contribution >= 0.6 is 0 Å². The number of benzene rings is 1. The summed E-state index contributed by atoms with van der Waals surface area (Å²) < 4.78 is 0. The highest BCUT2D eigenvalue weighted by atomic mass is 16.2. The number of aryl methyl sites for hydroxylation is 3. The van der Waals surface area contributed by atoms with Crippen molar-refractivity contribution in [1.29, 1.82) is 0 Å². The Morgan fingerprint density at radius 1 is 1.05 bits per heavy atom. The Hall–Kier alpha value is -1.35. The fourth-order valence-corrected chi connectivity index (χ4v) is 2.54. The summed E-state index contributed by atoms with van der Waals surface area (Å²) >= 11 is 0. The maximum atomic E-state index is 12.2. The van der Waals surface area contributed by atoms with E-state index in [1.165, 1.54) is 22.3 Å². The smallest absolute Gasteiger partial charge is 0.236 e. The van der Waals surface area contributed by atoms with Crippen molar-refractivity contribution in [1.82, 2.24) is 9.80 Å². The van der Waals surface area contributed by atoms with E-state index in [4.69, 9.17) is 0 Å². The lowest BCUT2D eigenvalue weighted by atomic mass is 9.99. The van der Waals surface area contributed by atoms with Gasteiger partial charge in [-0.3, -0.25) is 9.69 Å². The van der Waals surface area contributed by atoms with E-state index < -0.39 is 0 Å². The van der Waals surface area contributed by atoms with Gasteiger partial charge in [-0.25, -0.2) is 0 Å². The van der Waals surface area contributed by atoms with Crippen LogP contribution in [-0.2, 0) is 11.3 Å². The van der Waals surface area contributed by atoms with E-state index in [1.807, 2.05) is 11.9 Å². The molecule has 20 heavy (non-hydrogen) atoms. The van der Waals surface area contributed by atoms with Gasteiger partial charge in [0, 0.05) is 13.6 Å². The van der Waals surface area contributed by atoms with E-state index in [-0.39, 0.29) is 5.91 Å². The first-order valence-electron chi connectivity index (χ1n) is 7.42. The molecule has 0 spiro atoms. The second kappa shape index (κ2) is 7.44. The summed E-state index contributed by atoms with van der Waals surface area (Å²) in [6.07, 6.45) is 0. The molecule has 112 valence electrons. The first-order chi connectivity index (χ1) is 9.38. The van der Waals surface area contributed by atoms with Gasteiger partial charge in [0.2, 0.25) is 5.91 Å². The van der Waals surface area contributed by atoms with Crippen molar-refractivity contribution in [3.8, 4) is 0 Å². The van der Waals surface area contributed by atoms with E-state index >= 15 is 0 Å². The Balaban J connectivity index is 2.76. The minimum atomic E-state index is 0.188. The lowest BCUT2D eigenvalue weighted by Crippen LogP contribution is -2.38. The molecule has 0 atom stereocenters. The van der Waals surface area contributed by atoms with Gasteiger partial charge in [0.15, 0.2) is 0 Å². The highest BCUT2D eigenvalue weighted by molar-refractivity contribution is 5.78. The van der Waals surface area contributed by atoms with Crippen molar-refractivity contribution in [2.45, 2.75) is 41.2 Å². The van der Waals surface area contributed by atoms with Gasteiger partial charge in [0.25, 0.3) is 0 Å². The van der Waals surface area contributed by atoms with Crippen molar-refractivity contribution >= 4 is 5.91 Å². The third-order valence-electron chi connectivity index (χ3n) is 3.91. The molecule has 0 unspecified atom stereocenters. The Bertz CT molecular complexity index is 441. The molecule has 0 heterocycles. The largest absolute Gasteiger partial charge is 0.340 e. The lowest BCUT2D eigenvalue weighted by Gasteiger charge is -2.24. The summed E-state index contributed by atoms with van der Waals surface area (Å²) in [4.78, 5) is 16.2. The van der Waals surface area contributed by atoms with Gasteiger partial charge >= 0.3 is 0 Å². The minimum Gasteiger partial charge on any atom is -0.340 e. The summed E-state index contributed by atoms with van der Waals surface area (Å²) in [6.45, 7) is 13.6. The zero-order chi connectivity index (χ0) is 15.3. The summed E-state index contributed by atoms with van der Waals surface area (Å²) in [5.74, 6) is 0.188. The number of likely N-dealkylation sites (N-methyl/N-ethyl adjacent to an activating group) is 2. The standard InChI is InChI=1S/C17H28N2O/c1-7-19(8-2)12-17(20)18(6)11-16-14(4)9-13(3)10-15(16)5/h9-10H,7-8,11-12H2,1-6H3. The van der Waals surface area contributed by atoms with Crippen molar-refractivity contribution in [3.05, 3.63) is 34.4 Å². The third-order valence-corrected chi connectivity index (χ3v) is 3.91. The van der Waals surface area contributed by atoms with E-state index in [2.05, 4.69) is 51.7 Å². The molecule has 1 aromatic rings. The minimum absolute atomic E-state index is 0.188. The normalized spacial score (nSPS) is 10.9. The summed E-state index contributed by atoms with van der Waals surface area (Å²) in [6, 6.07) is 4.37. The van der Waals surface area contributed by atoms with Crippen molar-refractivity contribution in [3.63, 3.8) is 0 Å². The summed E-state index contributed by atoms with van der Waals surface area (Å²) in [7, 11) is 1.89. The molecule has 3 nitrogen and oxygen atoms in total. The van der Waals surface area contributed by atoms with E-state index in [1.54, 1.807) is 0 Å². The number of hydrogen-bond donors (Lipinski definition) is 0. The van der Waals surface area contributed by atoms with Crippen molar-refractivity contribution in [2.24, 2.45) is 0 Å². The fourth-order valence-electron chi connectivity index (χ4n) is 2.54. The van der Waals surface area contributed by atoms with Crippen LogP contribution in [0.1, 0.15) is 36.1 Å². The van der Waals surface area contributed by atoms with Gasteiger partial charge in [-0.05, 0) is 50.6 Å². The van der Waals surface area contributed by atoms with Gasteiger partial charge in [0.1, 0.15) is 0 Å². The summed E-state index contributed by atoms with van der Waals surface area (Å²) in [5, 5.41) is 0. The number of carbonyl (C=O) groups excluding carboxylic acids is 1. The molecule has 0 saturated carbocycles. The number of nitrogens with zero attached hydrogens (tertiary/aromatic N) is 2. The molecule has 0 radical (unpaired) electrons. The van der Waals surface area contributed by atoms with Gasteiger partial charge in [-0.1, -0.05) is 31.5 Å². The van der Waals surface area contributed by atoms with Crippen LogP contribution in [0.3, 0.4) is 0 Å². The average Bonchev–Trinajstić information content (AvgIpc) is 2.39. The maximum Gasteiger partial charge on any atom is 0.236 e. The van der Waals surface area contributed by atoms with Gasteiger partial charge < -0.3 is 4.90 Å². The molecule has 0 saturated heterocycles. The quantitative estimate of drug-likeness (QED) is 0.797. The van der Waals surface area contributed by atoms with Crippen LogP contribution in [0.5, 0.6) is 0 Å². The Labute approximate surface area is 123 Å². The van der Waals surface area contributed by atoms with E-state index in [9.17, 15) is 4.79 Å². The lowest BCUT2D eigenvalue weighted by molar-refractivity contribution is -0.131. The van der Waals surface area contributed by atoms with Crippen LogP contribution < -0.4 is 0 Å². The highest BCUT2D eigenvalue weighted by Gasteiger charge is 2.14. The molecule has 3 heteroatoms. The highest BCUT2D eigenvalue weighted by Crippen LogP contribution is 2.18. The number of rotatable bonds is 6. The molecule has 0 fully saturated rings. The fraction of sp³-hybridized carbons (Fsp3) is 0.588. The average molecular weight is 276 g/mol. The van der Waals surface area contributed by atoms with E-state index in [0.29, 0.717) is 13.1 Å². The molecule has 0 aromatic heterocycles. The molecular formula is C17H28N2O. The molecule has 0 aliphatic rings. The molecule has 1 amide bonds. The second-order valence-corrected chi connectivity index (χ2v) is 5.59. The van der Waals surface area contributed by atoms with Crippen molar-refractivity contribution < 1.29 is 4.79 Å². The molecule has 0 bridgehead atoms. The first kappa shape index (κ1) is 16.7. The van der Waals surface area contributed by atoms with Crippen LogP contribution in [0.25, 0.3) is 0 Å². The molecule has 0 N–H and O–H groups in total. The molecular weight excluding hydrogens is 248 g/mol. The van der Waals surface area contributed by atoms with Crippen LogP contribution in [0.4, 0.5) is 0 Å². The Morgan fingerprint density at radius 2 is 1.55 bits per heavy atom. The molecule has 1 rings (SSSR count). The van der Waals surface area contributed by atoms with Crippen LogP contribution in [0.15, 0.2) is 12.1 Å². The SMILES string of the molecule is CCN(CC)CC(=O)N(C)Cc1c(C)cc(C)cc1C. The van der Waals surface area contributed by atoms with E-state index in [0.717, 1.165) is 13.1 Å². The molecule has 1 aromatic carbocycles.